The third-order valence-corrected chi connectivity index (χ3v) is 3.68. The molecule has 1 N–H and O–H groups in total. The fraction of sp³-hybridized carbons (Fsp3) is 0. The smallest absolute Gasteiger partial charge is 0.132 e. The van der Waals surface area contributed by atoms with Crippen LogP contribution >= 0.6 is 0 Å². The number of aliphatic hydroxyl groups excluding tert-OH is 1. The predicted molar refractivity (Wildman–Crippen MR) is 83.8 cm³/mol. The van der Waals surface area contributed by atoms with E-state index in [1.54, 1.807) is 6.33 Å². The summed E-state index contributed by atoms with van der Waals surface area (Å²) >= 11 is 0. The van der Waals surface area contributed by atoms with Crippen LogP contribution in [-0.4, -0.2) is 15.1 Å². The molecular weight excluding hydrogens is 260 g/mol. The van der Waals surface area contributed by atoms with Crippen LogP contribution in [-0.2, 0) is 0 Å². The monoisotopic (exact) mass is 272 g/mol. The Balaban J connectivity index is 2.18. The molecule has 0 aliphatic carbocycles. The van der Waals surface area contributed by atoms with Crippen LogP contribution in [0.15, 0.2) is 67.0 Å². The second kappa shape index (κ2) is 4.56. The molecule has 0 aliphatic heterocycles. The molecule has 0 saturated carbocycles. The van der Waals surface area contributed by atoms with Crippen molar-refractivity contribution in [2.24, 2.45) is 0 Å². The van der Waals surface area contributed by atoms with Crippen molar-refractivity contribution in [3.8, 4) is 0 Å². The van der Waals surface area contributed by atoms with Gasteiger partial charge in [0.25, 0.3) is 0 Å². The van der Waals surface area contributed by atoms with Crippen molar-refractivity contribution in [2.45, 2.75) is 0 Å². The average Bonchev–Trinajstić information content (AvgIpc) is 2.56. The number of hydrogen-bond donors (Lipinski definition) is 1. The highest BCUT2D eigenvalue weighted by atomic mass is 16.3. The molecule has 0 atom stereocenters. The van der Waals surface area contributed by atoms with Crippen molar-refractivity contribution >= 4 is 27.6 Å². The maximum absolute atomic E-state index is 10.6. The van der Waals surface area contributed by atoms with E-state index in [0.29, 0.717) is 0 Å². The first-order valence-electron chi connectivity index (χ1n) is 6.75. The van der Waals surface area contributed by atoms with Crippen LogP contribution in [0.3, 0.4) is 0 Å². The molecular formula is C18H12N2O. The average molecular weight is 272 g/mol. The van der Waals surface area contributed by atoms with Gasteiger partial charge in [-0.2, -0.15) is 0 Å². The SMILES string of the molecule is OC(c1ccccc1)=c1ccc2cccc3ncnc1c23. The van der Waals surface area contributed by atoms with Crippen molar-refractivity contribution in [1.82, 2.24) is 9.97 Å². The molecule has 3 nitrogen and oxygen atoms in total. The first-order chi connectivity index (χ1) is 10.3. The molecule has 0 saturated heterocycles. The van der Waals surface area contributed by atoms with Gasteiger partial charge in [-0.3, -0.25) is 0 Å². The van der Waals surface area contributed by atoms with E-state index in [0.717, 1.165) is 32.6 Å². The minimum atomic E-state index is 0.237. The second-order valence-corrected chi connectivity index (χ2v) is 4.93. The van der Waals surface area contributed by atoms with Gasteiger partial charge in [-0.15, -0.1) is 0 Å². The summed E-state index contributed by atoms with van der Waals surface area (Å²) in [7, 11) is 0. The van der Waals surface area contributed by atoms with Crippen molar-refractivity contribution in [3.63, 3.8) is 0 Å². The third-order valence-electron chi connectivity index (χ3n) is 3.68. The molecule has 0 spiro atoms. The standard InChI is InChI=1S/C18H12N2O/c21-18(13-5-2-1-3-6-13)14-10-9-12-7-4-8-15-16(12)17(14)20-11-19-15/h1-11,21H. The van der Waals surface area contributed by atoms with Gasteiger partial charge in [0.2, 0.25) is 0 Å². The van der Waals surface area contributed by atoms with Gasteiger partial charge in [-0.05, 0) is 17.5 Å². The maximum Gasteiger partial charge on any atom is 0.132 e. The van der Waals surface area contributed by atoms with Gasteiger partial charge in [0.15, 0.2) is 0 Å². The zero-order chi connectivity index (χ0) is 14.2. The fourth-order valence-electron chi connectivity index (χ4n) is 2.67. The van der Waals surface area contributed by atoms with Crippen LogP contribution in [0, 0.1) is 0 Å². The van der Waals surface area contributed by atoms with Gasteiger partial charge in [0, 0.05) is 16.2 Å². The minimum Gasteiger partial charge on any atom is -0.507 e. The Kier molecular flexibility index (Phi) is 2.57. The van der Waals surface area contributed by atoms with Crippen LogP contribution in [0.4, 0.5) is 0 Å². The van der Waals surface area contributed by atoms with E-state index in [1.807, 2.05) is 60.7 Å². The molecule has 0 unspecified atom stereocenters. The molecule has 4 rings (SSSR count). The minimum absolute atomic E-state index is 0.237. The van der Waals surface area contributed by atoms with E-state index in [1.165, 1.54) is 0 Å². The van der Waals surface area contributed by atoms with E-state index < -0.39 is 0 Å². The summed E-state index contributed by atoms with van der Waals surface area (Å²) in [6.07, 6.45) is 1.54. The van der Waals surface area contributed by atoms with Gasteiger partial charge in [0.05, 0.1) is 11.0 Å². The molecule has 1 aromatic heterocycles. The molecule has 0 radical (unpaired) electrons. The molecule has 0 aliphatic rings. The largest absolute Gasteiger partial charge is 0.507 e. The molecule has 3 heteroatoms. The normalized spacial score (nSPS) is 12.8. The van der Waals surface area contributed by atoms with Gasteiger partial charge >= 0.3 is 0 Å². The van der Waals surface area contributed by atoms with Crippen LogP contribution in [0.2, 0.25) is 0 Å². The van der Waals surface area contributed by atoms with Crippen LogP contribution in [0.1, 0.15) is 5.56 Å². The van der Waals surface area contributed by atoms with E-state index in [-0.39, 0.29) is 5.76 Å². The molecule has 21 heavy (non-hydrogen) atoms. The first-order valence-corrected chi connectivity index (χ1v) is 6.75. The Morgan fingerprint density at radius 3 is 2.52 bits per heavy atom. The highest BCUT2D eigenvalue weighted by molar-refractivity contribution is 6.07. The fourth-order valence-corrected chi connectivity index (χ4v) is 2.67. The number of hydrogen-bond acceptors (Lipinski definition) is 3. The molecule has 0 bridgehead atoms. The lowest BCUT2D eigenvalue weighted by Crippen LogP contribution is -2.10. The first kappa shape index (κ1) is 11.9. The summed E-state index contributed by atoms with van der Waals surface area (Å²) in [6.45, 7) is 0. The lowest BCUT2D eigenvalue weighted by Gasteiger charge is -2.06. The van der Waals surface area contributed by atoms with E-state index in [9.17, 15) is 5.11 Å². The Labute approximate surface area is 121 Å². The number of benzene rings is 3. The summed E-state index contributed by atoms with van der Waals surface area (Å²) in [4.78, 5) is 8.69. The number of aromatic nitrogens is 2. The zero-order valence-electron chi connectivity index (χ0n) is 11.2. The summed E-state index contributed by atoms with van der Waals surface area (Å²) in [5.74, 6) is 0.237. The number of aliphatic hydroxyl groups is 1. The van der Waals surface area contributed by atoms with Gasteiger partial charge in [-0.1, -0.05) is 48.5 Å². The van der Waals surface area contributed by atoms with E-state index in [4.69, 9.17) is 0 Å². The van der Waals surface area contributed by atoms with Crippen LogP contribution < -0.4 is 5.22 Å². The predicted octanol–water partition coefficient (Wildman–Crippen LogP) is 3.22. The summed E-state index contributed by atoms with van der Waals surface area (Å²) in [5.41, 5.74) is 2.45. The van der Waals surface area contributed by atoms with Gasteiger partial charge < -0.3 is 5.11 Å². The van der Waals surface area contributed by atoms with Crippen LogP contribution in [0.25, 0.3) is 27.6 Å². The highest BCUT2D eigenvalue weighted by Gasteiger charge is 2.08. The Morgan fingerprint density at radius 1 is 0.810 bits per heavy atom. The quantitative estimate of drug-likeness (QED) is 0.578. The second-order valence-electron chi connectivity index (χ2n) is 4.93. The molecule has 0 fully saturated rings. The number of nitrogens with zero attached hydrogens (tertiary/aromatic N) is 2. The highest BCUT2D eigenvalue weighted by Crippen LogP contribution is 2.21. The molecule has 1 heterocycles. The zero-order valence-corrected chi connectivity index (χ0v) is 11.2. The summed E-state index contributed by atoms with van der Waals surface area (Å²) in [6, 6.07) is 19.4. The Bertz CT molecular complexity index is 971. The van der Waals surface area contributed by atoms with E-state index in [2.05, 4.69) is 9.97 Å². The van der Waals surface area contributed by atoms with Crippen LogP contribution in [0.5, 0.6) is 0 Å². The molecule has 4 aromatic rings. The van der Waals surface area contributed by atoms with Crippen molar-refractivity contribution in [1.29, 1.82) is 0 Å². The Morgan fingerprint density at radius 2 is 1.67 bits per heavy atom. The van der Waals surface area contributed by atoms with Gasteiger partial charge in [-0.25, -0.2) is 9.97 Å². The van der Waals surface area contributed by atoms with Crippen molar-refractivity contribution < 1.29 is 5.11 Å². The van der Waals surface area contributed by atoms with Gasteiger partial charge in [0.1, 0.15) is 12.1 Å². The maximum atomic E-state index is 10.6. The molecule has 3 aromatic carbocycles. The lowest BCUT2D eigenvalue weighted by molar-refractivity contribution is 0.508. The topological polar surface area (TPSA) is 46.0 Å². The van der Waals surface area contributed by atoms with Crippen molar-refractivity contribution in [3.05, 3.63) is 77.8 Å². The Hall–Kier alpha value is -2.94. The summed E-state index contributed by atoms with van der Waals surface area (Å²) in [5, 5.41) is 13.4. The number of rotatable bonds is 1. The van der Waals surface area contributed by atoms with E-state index >= 15 is 0 Å². The third kappa shape index (κ3) is 1.82. The molecule has 0 amide bonds. The lowest BCUT2D eigenvalue weighted by atomic mass is 10.0. The summed E-state index contributed by atoms with van der Waals surface area (Å²) < 4.78 is 0. The molecule has 100 valence electrons. The van der Waals surface area contributed by atoms with Crippen molar-refractivity contribution in [2.75, 3.05) is 0 Å².